The largest absolute Gasteiger partial charge is 0.472 e. The fourth-order valence-electron chi connectivity index (χ4n) is 8.06. The van der Waals surface area contributed by atoms with Crippen molar-refractivity contribution in [2.24, 2.45) is 5.73 Å². The van der Waals surface area contributed by atoms with Gasteiger partial charge in [0.2, 0.25) is 0 Å². The summed E-state index contributed by atoms with van der Waals surface area (Å²) < 4.78 is 32.9. The molecule has 10 heteroatoms. The first kappa shape index (κ1) is 65.0. The van der Waals surface area contributed by atoms with Crippen molar-refractivity contribution in [2.45, 2.75) is 277 Å². The SMILES string of the molecule is CC/C=C\C/C=C\C/C=C\CCCCCC(=O)OC(COC(=O)CCCCCCCCCCCCCCCCCCCCCCC/C=C\CCCCCCCCCC)COP(=O)(O)OCCN. The van der Waals surface area contributed by atoms with E-state index in [4.69, 9.17) is 24.3 Å². The number of allylic oxidation sites excluding steroid dienone is 8. The molecule has 9 nitrogen and oxygen atoms in total. The van der Waals surface area contributed by atoms with Crippen LogP contribution in [0.4, 0.5) is 0 Å². The van der Waals surface area contributed by atoms with Gasteiger partial charge in [-0.3, -0.25) is 18.6 Å². The summed E-state index contributed by atoms with van der Waals surface area (Å²) in [5.41, 5.74) is 5.36. The van der Waals surface area contributed by atoms with Crippen LogP contribution in [-0.2, 0) is 32.7 Å². The molecule has 0 radical (unpaired) electrons. The lowest BCUT2D eigenvalue weighted by atomic mass is 10.0. The van der Waals surface area contributed by atoms with Crippen molar-refractivity contribution in [1.82, 2.24) is 0 Å². The van der Waals surface area contributed by atoms with Gasteiger partial charge in [0.1, 0.15) is 6.61 Å². The number of hydrogen-bond acceptors (Lipinski definition) is 8. The van der Waals surface area contributed by atoms with E-state index in [0.29, 0.717) is 6.42 Å². The molecular weight excluding hydrogens is 858 g/mol. The summed E-state index contributed by atoms with van der Waals surface area (Å²) in [5, 5.41) is 0. The van der Waals surface area contributed by atoms with Gasteiger partial charge < -0.3 is 20.1 Å². The lowest BCUT2D eigenvalue weighted by Gasteiger charge is -2.19. The summed E-state index contributed by atoms with van der Waals surface area (Å²) in [6.45, 7) is 3.61. The van der Waals surface area contributed by atoms with Crippen LogP contribution in [-0.4, -0.2) is 49.3 Å². The Bertz CT molecular complexity index is 1240. The average molecular weight is 964 g/mol. The standard InChI is InChI=1S/C57H106NO8P/c1-3-5-7-9-11-13-15-17-18-19-20-21-22-23-24-25-26-27-28-29-30-31-32-33-34-35-36-38-39-41-43-45-47-49-56(59)63-53-55(54-65-67(61,62)64-52-51-58)66-57(60)50-48-46-44-42-40-37-16-14-12-10-8-6-4-2/h6,8,12,14,19-20,37,40,55H,3-5,7,9-11,13,15-18,21-36,38-39,41-54,58H2,1-2H3,(H,61,62)/b8-6-,14-12-,20-19-,40-37-. The number of phosphoric ester groups is 1. The van der Waals surface area contributed by atoms with Crippen LogP contribution in [0.25, 0.3) is 0 Å². The van der Waals surface area contributed by atoms with Gasteiger partial charge >= 0.3 is 19.8 Å². The van der Waals surface area contributed by atoms with Crippen LogP contribution < -0.4 is 5.73 Å². The van der Waals surface area contributed by atoms with Crippen molar-refractivity contribution < 1.29 is 37.6 Å². The van der Waals surface area contributed by atoms with Crippen LogP contribution in [0.3, 0.4) is 0 Å². The average Bonchev–Trinajstić information content (AvgIpc) is 3.32. The van der Waals surface area contributed by atoms with E-state index >= 15 is 0 Å². The molecular formula is C57H106NO8P. The highest BCUT2D eigenvalue weighted by Gasteiger charge is 2.26. The molecule has 0 fully saturated rings. The van der Waals surface area contributed by atoms with Gasteiger partial charge in [0.25, 0.3) is 0 Å². The summed E-state index contributed by atoms with van der Waals surface area (Å²) in [7, 11) is -4.39. The van der Waals surface area contributed by atoms with Crippen molar-refractivity contribution >= 4 is 19.8 Å². The second kappa shape index (κ2) is 53.3. The predicted molar refractivity (Wildman–Crippen MR) is 284 cm³/mol. The van der Waals surface area contributed by atoms with Gasteiger partial charge in [-0.2, -0.15) is 0 Å². The second-order valence-corrected chi connectivity index (χ2v) is 20.2. The van der Waals surface area contributed by atoms with Crippen molar-refractivity contribution in [3.05, 3.63) is 48.6 Å². The van der Waals surface area contributed by atoms with Crippen LogP contribution in [0.1, 0.15) is 271 Å². The molecule has 2 atom stereocenters. The van der Waals surface area contributed by atoms with Crippen molar-refractivity contribution in [2.75, 3.05) is 26.4 Å². The highest BCUT2D eigenvalue weighted by molar-refractivity contribution is 7.47. The molecule has 0 aromatic rings. The number of carbonyl (C=O) groups excluding carboxylic acids is 2. The highest BCUT2D eigenvalue weighted by Crippen LogP contribution is 2.43. The summed E-state index contributed by atoms with van der Waals surface area (Å²) in [4.78, 5) is 35.0. The molecule has 67 heavy (non-hydrogen) atoms. The summed E-state index contributed by atoms with van der Waals surface area (Å²) in [6, 6.07) is 0. The van der Waals surface area contributed by atoms with E-state index in [2.05, 4.69) is 62.5 Å². The molecule has 0 amide bonds. The van der Waals surface area contributed by atoms with Gasteiger partial charge in [0.15, 0.2) is 6.10 Å². The zero-order valence-electron chi connectivity index (χ0n) is 43.6. The minimum absolute atomic E-state index is 0.0482. The van der Waals surface area contributed by atoms with E-state index in [1.54, 1.807) is 0 Å². The molecule has 3 N–H and O–H groups in total. The quantitative estimate of drug-likeness (QED) is 0.0264. The maximum absolute atomic E-state index is 12.6. The maximum atomic E-state index is 12.6. The Labute approximate surface area is 413 Å². The van der Waals surface area contributed by atoms with Gasteiger partial charge in [-0.05, 0) is 70.6 Å². The third kappa shape index (κ3) is 53.2. The third-order valence-electron chi connectivity index (χ3n) is 12.2. The first-order valence-corrected chi connectivity index (χ1v) is 29.6. The first-order chi connectivity index (χ1) is 32.8. The predicted octanol–water partition coefficient (Wildman–Crippen LogP) is 17.4. The summed E-state index contributed by atoms with van der Waals surface area (Å²) in [5.74, 6) is -0.855. The zero-order chi connectivity index (χ0) is 48.8. The number of ether oxygens (including phenoxy) is 2. The molecule has 0 aliphatic rings. The Morgan fingerprint density at radius 2 is 0.821 bits per heavy atom. The molecule has 0 saturated heterocycles. The monoisotopic (exact) mass is 964 g/mol. The Kier molecular flexibility index (Phi) is 51.7. The zero-order valence-corrected chi connectivity index (χ0v) is 44.5. The molecule has 0 rings (SSSR count). The number of carbonyl (C=O) groups is 2. The van der Waals surface area contributed by atoms with E-state index < -0.39 is 26.5 Å². The minimum Gasteiger partial charge on any atom is -0.462 e. The van der Waals surface area contributed by atoms with E-state index in [0.717, 1.165) is 57.8 Å². The van der Waals surface area contributed by atoms with Crippen molar-refractivity contribution in [3.8, 4) is 0 Å². The number of nitrogens with two attached hydrogens (primary N) is 1. The molecule has 2 unspecified atom stereocenters. The Hall–Kier alpha value is -2.03. The van der Waals surface area contributed by atoms with Crippen LogP contribution in [0.15, 0.2) is 48.6 Å². The van der Waals surface area contributed by atoms with Crippen LogP contribution in [0.5, 0.6) is 0 Å². The summed E-state index contributed by atoms with van der Waals surface area (Å²) in [6.07, 6.45) is 64.9. The molecule has 0 aromatic carbocycles. The molecule has 0 aliphatic carbocycles. The molecule has 0 aromatic heterocycles. The van der Waals surface area contributed by atoms with Gasteiger partial charge in [-0.25, -0.2) is 4.57 Å². The van der Waals surface area contributed by atoms with Gasteiger partial charge in [-0.15, -0.1) is 0 Å². The van der Waals surface area contributed by atoms with Crippen LogP contribution in [0, 0.1) is 0 Å². The minimum atomic E-state index is -4.39. The fourth-order valence-corrected chi connectivity index (χ4v) is 8.82. The van der Waals surface area contributed by atoms with Gasteiger partial charge in [0, 0.05) is 19.4 Å². The van der Waals surface area contributed by atoms with Gasteiger partial charge in [-0.1, -0.05) is 236 Å². The molecule has 0 heterocycles. The van der Waals surface area contributed by atoms with Crippen molar-refractivity contribution in [3.63, 3.8) is 0 Å². The Balaban J connectivity index is 3.82. The Morgan fingerprint density at radius 1 is 0.463 bits per heavy atom. The lowest BCUT2D eigenvalue weighted by Crippen LogP contribution is -2.29. The lowest BCUT2D eigenvalue weighted by molar-refractivity contribution is -0.161. The van der Waals surface area contributed by atoms with Crippen LogP contribution in [0.2, 0.25) is 0 Å². The summed E-state index contributed by atoms with van der Waals surface area (Å²) >= 11 is 0. The van der Waals surface area contributed by atoms with Crippen molar-refractivity contribution in [1.29, 1.82) is 0 Å². The molecule has 0 bridgehead atoms. The fraction of sp³-hybridized carbons (Fsp3) is 0.825. The van der Waals surface area contributed by atoms with Gasteiger partial charge in [0.05, 0.1) is 13.2 Å². The second-order valence-electron chi connectivity index (χ2n) is 18.8. The number of unbranched alkanes of at least 4 members (excludes halogenated alkanes) is 32. The van der Waals surface area contributed by atoms with Crippen LogP contribution >= 0.6 is 7.82 Å². The molecule has 0 spiro atoms. The number of phosphoric acid groups is 1. The topological polar surface area (TPSA) is 134 Å². The first-order valence-electron chi connectivity index (χ1n) is 28.1. The van der Waals surface area contributed by atoms with E-state index in [-0.39, 0.29) is 38.6 Å². The third-order valence-corrected chi connectivity index (χ3v) is 13.2. The number of hydrogen-bond donors (Lipinski definition) is 2. The maximum Gasteiger partial charge on any atom is 0.472 e. The Morgan fingerprint density at radius 3 is 1.25 bits per heavy atom. The molecule has 392 valence electrons. The van der Waals surface area contributed by atoms with E-state index in [9.17, 15) is 19.0 Å². The number of rotatable bonds is 53. The molecule has 0 saturated carbocycles. The smallest absolute Gasteiger partial charge is 0.462 e. The van der Waals surface area contributed by atoms with E-state index in [1.165, 1.54) is 180 Å². The molecule has 0 aliphatic heterocycles. The normalized spacial score (nSPS) is 13.4. The number of esters is 2. The van der Waals surface area contributed by atoms with E-state index in [1.807, 2.05) is 0 Å². The highest BCUT2D eigenvalue weighted by atomic mass is 31.2.